The van der Waals surface area contributed by atoms with Crippen molar-refractivity contribution < 1.29 is 46.5 Å². The third kappa shape index (κ3) is 5.71. The molecule has 0 fully saturated rings. The van der Waals surface area contributed by atoms with Crippen molar-refractivity contribution >= 4 is 97.4 Å². The molecule has 10 heterocycles. The highest BCUT2D eigenvalue weighted by atomic mass is 32.1. The Morgan fingerprint density at radius 1 is 0.342 bits per heavy atom. The SMILES string of the molecule is c1cc2c3c(c1)ccc1ccc[n+](c13)C1(O2)Oc2cccc3ccc4ccc[n+]1c4c23.c1cc2c3c(c1)ccc[n+]3CO2.c1ccc2c(c1)OC1(Oc3ccccc3-c3sc4ccccc4[n+]31)[n+]1c-2sc2ccccc21. The second-order valence-corrected chi connectivity index (χ2v) is 21.4. The number of fused-ring (bicyclic) bond motifs is 14. The van der Waals surface area contributed by atoms with E-state index < -0.39 is 12.1 Å². The molecule has 0 N–H and O–H groups in total. The summed E-state index contributed by atoms with van der Waals surface area (Å²) in [5.41, 5.74) is 7.75. The third-order valence-corrected chi connectivity index (χ3v) is 17.5. The van der Waals surface area contributed by atoms with Crippen LogP contribution in [0.1, 0.15) is 0 Å². The summed E-state index contributed by atoms with van der Waals surface area (Å²) in [6.07, 6.45) is 6.15. The molecule has 76 heavy (non-hydrogen) atoms. The van der Waals surface area contributed by atoms with Gasteiger partial charge in [0.2, 0.25) is 22.1 Å². The van der Waals surface area contributed by atoms with E-state index in [0.717, 1.165) is 104 Å². The van der Waals surface area contributed by atoms with Crippen molar-refractivity contribution in [2.24, 2.45) is 0 Å². The van der Waals surface area contributed by atoms with E-state index in [2.05, 4.69) is 181 Å². The first-order chi connectivity index (χ1) is 37.6. The van der Waals surface area contributed by atoms with Gasteiger partial charge in [0.15, 0.2) is 47.3 Å². The summed E-state index contributed by atoms with van der Waals surface area (Å²) in [5.74, 6) is 4.28. The predicted molar refractivity (Wildman–Crippen MR) is 292 cm³/mol. The second-order valence-electron chi connectivity index (χ2n) is 19.3. The molecule has 5 aliphatic rings. The summed E-state index contributed by atoms with van der Waals surface area (Å²) in [6, 6.07) is 70.7. The molecule has 0 atom stereocenters. The fraction of sp³-hybridized carbons (Fsp3) is 0.0469. The summed E-state index contributed by atoms with van der Waals surface area (Å²) < 4.78 is 46.1. The minimum Gasteiger partial charge on any atom is -0.429 e. The summed E-state index contributed by atoms with van der Waals surface area (Å²) in [4.78, 5) is 0. The van der Waals surface area contributed by atoms with Gasteiger partial charge in [0.25, 0.3) is 22.3 Å². The highest BCUT2D eigenvalue weighted by Crippen LogP contribution is 2.48. The number of hydrogen-bond donors (Lipinski definition) is 0. The Morgan fingerprint density at radius 3 is 1.33 bits per heavy atom. The largest absolute Gasteiger partial charge is 0.717 e. The van der Waals surface area contributed by atoms with Crippen molar-refractivity contribution in [2.75, 3.05) is 0 Å². The van der Waals surface area contributed by atoms with E-state index in [-0.39, 0.29) is 0 Å². The van der Waals surface area contributed by atoms with Crippen LogP contribution in [-0.4, -0.2) is 0 Å². The van der Waals surface area contributed by atoms with Gasteiger partial charge in [0, 0.05) is 41.1 Å². The normalized spacial score (nSPS) is 14.7. The highest BCUT2D eigenvalue weighted by molar-refractivity contribution is 7.21. The van der Waals surface area contributed by atoms with Gasteiger partial charge < -0.3 is 23.7 Å². The Hall–Kier alpha value is -9.49. The molecule has 5 aromatic heterocycles. The van der Waals surface area contributed by atoms with Crippen molar-refractivity contribution in [3.05, 3.63) is 231 Å². The van der Waals surface area contributed by atoms with Gasteiger partial charge in [-0.1, -0.05) is 123 Å². The van der Waals surface area contributed by atoms with Gasteiger partial charge in [-0.05, 0) is 111 Å². The first kappa shape index (κ1) is 41.9. The van der Waals surface area contributed by atoms with Crippen molar-refractivity contribution in [1.82, 2.24) is 0 Å². The predicted octanol–water partition coefficient (Wildman–Crippen LogP) is 12.2. The number of hydrogen-bond acceptors (Lipinski definition) is 7. The lowest BCUT2D eigenvalue weighted by Crippen LogP contribution is -2.81. The van der Waals surface area contributed by atoms with Gasteiger partial charge in [-0.15, -0.1) is 0 Å². The van der Waals surface area contributed by atoms with E-state index >= 15 is 0 Å². The molecule has 5 aliphatic heterocycles. The molecular weight excluding hydrogens is 983 g/mol. The first-order valence-corrected chi connectivity index (χ1v) is 26.9. The van der Waals surface area contributed by atoms with Gasteiger partial charge in [0.1, 0.15) is 20.5 Å². The Bertz CT molecular complexity index is 4540. The van der Waals surface area contributed by atoms with E-state index in [9.17, 15) is 0 Å². The lowest BCUT2D eigenvalue weighted by Gasteiger charge is -2.30. The average molecular weight is 1020 g/mol. The van der Waals surface area contributed by atoms with Gasteiger partial charge >= 0.3 is 12.1 Å². The van der Waals surface area contributed by atoms with E-state index in [1.54, 1.807) is 22.7 Å². The fourth-order valence-electron chi connectivity index (χ4n) is 12.0. The lowest BCUT2D eigenvalue weighted by atomic mass is 10.0. The van der Waals surface area contributed by atoms with Gasteiger partial charge in [-0.3, -0.25) is 0 Å². The zero-order valence-electron chi connectivity index (χ0n) is 40.2. The van der Waals surface area contributed by atoms with Crippen LogP contribution in [0.25, 0.3) is 95.8 Å². The fourth-order valence-corrected chi connectivity index (χ4v) is 14.4. The number of nitrogens with zero attached hydrogens (tertiary/aromatic N) is 5. The molecule has 0 aliphatic carbocycles. The van der Waals surface area contributed by atoms with Crippen molar-refractivity contribution in [1.29, 1.82) is 0 Å². The molecule has 0 saturated heterocycles. The molecular formula is C64H40N5O5S2+5. The van der Waals surface area contributed by atoms with Gasteiger partial charge in [-0.2, -0.15) is 4.57 Å². The minimum absolute atomic E-state index is 0.649. The van der Waals surface area contributed by atoms with Crippen LogP contribution in [0.15, 0.2) is 231 Å². The van der Waals surface area contributed by atoms with E-state index in [1.165, 1.54) is 20.3 Å². The van der Waals surface area contributed by atoms with Crippen LogP contribution in [0.3, 0.4) is 0 Å². The van der Waals surface area contributed by atoms with E-state index in [0.29, 0.717) is 6.73 Å². The molecule has 12 heteroatoms. The maximum Gasteiger partial charge on any atom is 0.717 e. The Morgan fingerprint density at radius 2 is 0.763 bits per heavy atom. The van der Waals surface area contributed by atoms with Gasteiger partial charge in [-0.25, -0.2) is 0 Å². The van der Waals surface area contributed by atoms with Gasteiger partial charge in [0.05, 0.1) is 16.2 Å². The molecule has 10 nitrogen and oxygen atoms in total. The van der Waals surface area contributed by atoms with Crippen LogP contribution in [0, 0.1) is 0 Å². The number of aromatic nitrogens is 5. The maximum absolute atomic E-state index is 6.92. The molecule has 9 aromatic carbocycles. The topological polar surface area (TPSA) is 65.6 Å². The smallest absolute Gasteiger partial charge is 0.429 e. The van der Waals surface area contributed by atoms with Crippen molar-refractivity contribution in [3.8, 4) is 49.9 Å². The standard InChI is InChI=1S/C27H16N2O2S2.C27H16N2O2.C10H8NO/c1-5-13-21-17(9-1)25-28(19-11-3-7-15-23(19)32-25)27(30-21)29-20-12-4-8-16-24(20)33-26(29)18-10-2-6-14-22(18)31-27;1-5-17-11-13-19-7-3-15-28-25(19)23(17)21(9-1)30-27(28)29-16-4-8-20-14-12-18-6-2-10-22(31-27)24(18)26(20)29;1-3-8-4-2-6-11-7-12-9(5-1)10(8)11/h1-16H;1-16H;1-6H,7H2/q2*+2;+1. The first-order valence-electron chi connectivity index (χ1n) is 25.2. The lowest BCUT2D eigenvalue weighted by molar-refractivity contribution is -1.05. The number of thiazole rings is 2. The van der Waals surface area contributed by atoms with Crippen LogP contribution in [-0.2, 0) is 18.8 Å². The molecule has 358 valence electrons. The van der Waals surface area contributed by atoms with Crippen LogP contribution < -0.4 is 46.5 Å². The molecule has 0 bridgehead atoms. The molecule has 19 rings (SSSR count). The zero-order valence-corrected chi connectivity index (χ0v) is 41.9. The van der Waals surface area contributed by atoms with Crippen molar-refractivity contribution in [3.63, 3.8) is 0 Å². The Kier molecular flexibility index (Phi) is 8.57. The zero-order chi connectivity index (χ0) is 49.7. The summed E-state index contributed by atoms with van der Waals surface area (Å²) in [5, 5.41) is 10.3. The molecule has 0 unspecified atom stereocenters. The average Bonchev–Trinajstić information content (AvgIpc) is 4.27. The molecule has 0 amide bonds. The van der Waals surface area contributed by atoms with Crippen molar-refractivity contribution in [2.45, 2.75) is 18.8 Å². The Balaban J connectivity index is 0.000000102. The summed E-state index contributed by atoms with van der Waals surface area (Å²) in [6.45, 7) is 0.649. The van der Waals surface area contributed by atoms with Crippen LogP contribution in [0.2, 0.25) is 0 Å². The maximum atomic E-state index is 6.92. The van der Waals surface area contributed by atoms with E-state index in [1.807, 2.05) is 72.9 Å². The third-order valence-electron chi connectivity index (χ3n) is 15.2. The monoisotopic (exact) mass is 1020 g/mol. The number of rotatable bonds is 0. The summed E-state index contributed by atoms with van der Waals surface area (Å²) in [7, 11) is 0. The minimum atomic E-state index is -1.22. The number of para-hydroxylation sites is 5. The van der Waals surface area contributed by atoms with Crippen LogP contribution >= 0.6 is 22.7 Å². The number of benzene rings is 9. The highest BCUT2D eigenvalue weighted by Gasteiger charge is 2.69. The molecule has 14 aromatic rings. The molecule has 2 spiro atoms. The quantitative estimate of drug-likeness (QED) is 0.112. The van der Waals surface area contributed by atoms with Crippen LogP contribution in [0.5, 0.6) is 28.7 Å². The summed E-state index contributed by atoms with van der Waals surface area (Å²) >= 11 is 3.53. The molecule has 0 radical (unpaired) electrons. The van der Waals surface area contributed by atoms with E-state index in [4.69, 9.17) is 23.7 Å². The number of pyridine rings is 3. The number of ether oxygens (including phenoxy) is 5. The second kappa shape index (κ2) is 15.5. The molecule has 0 saturated carbocycles. The van der Waals surface area contributed by atoms with Crippen LogP contribution in [0.4, 0.5) is 0 Å². The Labute approximate surface area is 441 Å².